The summed E-state index contributed by atoms with van der Waals surface area (Å²) < 4.78 is 0. The van der Waals surface area contributed by atoms with E-state index in [0.717, 1.165) is 34.2 Å². The molecule has 0 fully saturated rings. The molecule has 0 spiro atoms. The van der Waals surface area contributed by atoms with Gasteiger partial charge in [-0.2, -0.15) is 10.2 Å². The van der Waals surface area contributed by atoms with Gasteiger partial charge in [0.15, 0.2) is 22.5 Å². The molecule has 0 saturated carbocycles. The largest absolute Gasteiger partial charge is 0.476 e. The number of H-pyrrole nitrogens is 4. The molecule has 16 nitrogen and oxygen atoms in total. The van der Waals surface area contributed by atoms with Crippen LogP contribution in [0.1, 0.15) is 10.5 Å². The number of imidazole rings is 2. The zero-order valence-corrected chi connectivity index (χ0v) is 29.7. The van der Waals surface area contributed by atoms with E-state index in [1.807, 2.05) is 23.3 Å². The number of nitrogen functional groups attached to an aromatic ring is 2. The first-order valence-electron chi connectivity index (χ1n) is 14.8. The first kappa shape index (κ1) is 37.9. The van der Waals surface area contributed by atoms with E-state index >= 15 is 0 Å². The second kappa shape index (κ2) is 17.3. The Morgan fingerprint density at radius 1 is 0.585 bits per heavy atom. The van der Waals surface area contributed by atoms with Gasteiger partial charge in [0, 0.05) is 27.2 Å². The van der Waals surface area contributed by atoms with Gasteiger partial charge in [-0.1, -0.05) is 46.4 Å². The normalized spacial score (nSPS) is 10.3. The predicted molar refractivity (Wildman–Crippen MR) is 204 cm³/mol. The predicted octanol–water partition coefficient (Wildman–Crippen LogP) is 6.27. The van der Waals surface area contributed by atoms with Gasteiger partial charge in [-0.25, -0.2) is 25.0 Å². The maximum atomic E-state index is 10.9. The van der Waals surface area contributed by atoms with Crippen molar-refractivity contribution in [1.82, 2.24) is 50.5 Å². The number of carboxylic acid groups (broad SMARTS) is 1. The summed E-state index contributed by atoms with van der Waals surface area (Å²) in [4.78, 5) is 46.3. The zero-order chi connectivity index (χ0) is 38.1. The minimum absolute atomic E-state index is 0.167. The molecule has 5 heterocycles. The van der Waals surface area contributed by atoms with E-state index in [4.69, 9.17) is 63.0 Å². The van der Waals surface area contributed by atoms with E-state index in [2.05, 4.69) is 45.4 Å². The van der Waals surface area contributed by atoms with Crippen LogP contribution < -0.4 is 22.6 Å². The second-order valence-electron chi connectivity index (χ2n) is 10.4. The summed E-state index contributed by atoms with van der Waals surface area (Å²) in [5.74, 6) is 0.0844. The van der Waals surface area contributed by atoms with Crippen molar-refractivity contribution in [2.24, 2.45) is 0 Å². The standard InChI is InChI=1S/C11H6Cl2N4.C11H7ClN4O.C6H7ClN2.C5H4N2O3/c12-6-1-2-7-9(5-6)15-11(14-7)8-3-4-10(13)17-16-8;12-6-1-2-7-9(5-6)14-11(13-7)8-3-4-10(17)16-15-8;7-4-1-2-5(8)6(9)3-4;8-4-2-1-3(5(9)10)6-7-4/h1-5H,(H,14,15);1-5H,(H,13,14)(H,16,17);1-3H,8-9H2;1-2H,(H,7,8)(H,9,10). The molecule has 0 saturated heterocycles. The van der Waals surface area contributed by atoms with Crippen molar-refractivity contribution in [2.75, 3.05) is 11.5 Å². The van der Waals surface area contributed by atoms with Gasteiger partial charge in [0.25, 0.3) is 11.1 Å². The SMILES string of the molecule is Clc1ccc2nc(-c3ccc(Cl)nn3)[nH]c2c1.Nc1ccc(Cl)cc1N.O=C(O)c1ccc(=O)[nH]n1.O=c1ccc(-c2nc3ccc(Cl)cc3[nH]2)n[nH]1. The number of nitrogens with zero attached hydrogens (tertiary/aromatic N) is 6. The minimum Gasteiger partial charge on any atom is -0.476 e. The summed E-state index contributed by atoms with van der Waals surface area (Å²) in [5, 5.41) is 29.8. The lowest BCUT2D eigenvalue weighted by Crippen LogP contribution is -2.10. The molecule has 8 rings (SSSR count). The molecule has 3 aromatic carbocycles. The maximum Gasteiger partial charge on any atom is 0.356 e. The van der Waals surface area contributed by atoms with Crippen LogP contribution in [-0.4, -0.2) is 61.6 Å². The fourth-order valence-electron chi connectivity index (χ4n) is 4.13. The van der Waals surface area contributed by atoms with E-state index in [1.165, 1.54) is 6.07 Å². The Kier molecular flexibility index (Phi) is 12.3. The quantitative estimate of drug-likeness (QED) is 0.0977. The van der Waals surface area contributed by atoms with Crippen molar-refractivity contribution >= 4 is 85.8 Å². The molecule has 53 heavy (non-hydrogen) atoms. The van der Waals surface area contributed by atoms with Gasteiger partial charge < -0.3 is 26.5 Å². The number of anilines is 2. The molecular weight excluding hydrogens is 770 g/mol. The third-order valence-corrected chi connectivity index (χ3v) is 7.54. The van der Waals surface area contributed by atoms with Crippen molar-refractivity contribution < 1.29 is 9.90 Å². The van der Waals surface area contributed by atoms with E-state index in [-0.39, 0.29) is 11.3 Å². The number of fused-ring (bicyclic) bond motifs is 2. The van der Waals surface area contributed by atoms with Gasteiger partial charge in [0.2, 0.25) is 0 Å². The molecular formula is C33H24Cl4N12O4. The number of carboxylic acids is 1. The third-order valence-electron chi connectivity index (χ3n) is 6.63. The Morgan fingerprint density at radius 3 is 1.58 bits per heavy atom. The van der Waals surface area contributed by atoms with Gasteiger partial charge in [-0.3, -0.25) is 9.59 Å². The van der Waals surface area contributed by atoms with Crippen molar-refractivity contribution in [3.05, 3.63) is 138 Å². The smallest absolute Gasteiger partial charge is 0.356 e. The van der Waals surface area contributed by atoms with Crippen molar-refractivity contribution in [3.8, 4) is 23.0 Å². The molecule has 5 aromatic heterocycles. The summed E-state index contributed by atoms with van der Waals surface area (Å²) in [6.45, 7) is 0. The Balaban J connectivity index is 0.000000142. The Morgan fingerprint density at radius 2 is 1.11 bits per heavy atom. The summed E-state index contributed by atoms with van der Waals surface area (Å²) in [7, 11) is 0. The summed E-state index contributed by atoms with van der Waals surface area (Å²) in [5.41, 5.74) is 15.7. The van der Waals surface area contributed by atoms with Crippen LogP contribution in [0.25, 0.3) is 45.1 Å². The number of halogens is 4. The number of nitrogens with one attached hydrogen (secondary N) is 4. The number of nitrogens with two attached hydrogens (primary N) is 2. The van der Waals surface area contributed by atoms with Gasteiger partial charge >= 0.3 is 5.97 Å². The van der Waals surface area contributed by atoms with Gasteiger partial charge in [0.1, 0.15) is 11.4 Å². The maximum absolute atomic E-state index is 10.9. The Hall–Kier alpha value is -6.33. The van der Waals surface area contributed by atoms with E-state index < -0.39 is 11.5 Å². The van der Waals surface area contributed by atoms with Crippen molar-refractivity contribution in [1.29, 1.82) is 0 Å². The van der Waals surface area contributed by atoms with Gasteiger partial charge in [-0.15, -0.1) is 10.2 Å². The molecule has 268 valence electrons. The fraction of sp³-hybridized carbons (Fsp3) is 0. The Bertz CT molecular complexity index is 2600. The lowest BCUT2D eigenvalue weighted by molar-refractivity contribution is 0.0689. The molecule has 0 radical (unpaired) electrons. The molecule has 0 aliphatic rings. The van der Waals surface area contributed by atoms with Crippen LogP contribution in [0.3, 0.4) is 0 Å². The highest BCUT2D eigenvalue weighted by molar-refractivity contribution is 6.32. The van der Waals surface area contributed by atoms with Crippen molar-refractivity contribution in [3.63, 3.8) is 0 Å². The number of rotatable bonds is 3. The van der Waals surface area contributed by atoms with E-state index in [0.29, 0.717) is 54.6 Å². The molecule has 0 bridgehead atoms. The van der Waals surface area contributed by atoms with Crippen LogP contribution >= 0.6 is 46.4 Å². The highest BCUT2D eigenvalue weighted by Gasteiger charge is 2.08. The fourth-order valence-corrected chi connectivity index (χ4v) is 4.76. The van der Waals surface area contributed by atoms with Crippen LogP contribution in [-0.2, 0) is 0 Å². The molecule has 0 aliphatic carbocycles. The third kappa shape index (κ3) is 10.6. The van der Waals surface area contributed by atoms with Crippen molar-refractivity contribution in [2.45, 2.75) is 0 Å². The monoisotopic (exact) mass is 792 g/mol. The molecule has 9 N–H and O–H groups in total. The number of carbonyl (C=O) groups is 1. The number of aromatic carboxylic acids is 1. The first-order chi connectivity index (χ1) is 25.3. The topological polar surface area (TPSA) is 264 Å². The van der Waals surface area contributed by atoms with Gasteiger partial charge in [0.05, 0.1) is 33.4 Å². The number of benzene rings is 3. The van der Waals surface area contributed by atoms with Crippen LogP contribution in [0.4, 0.5) is 11.4 Å². The summed E-state index contributed by atoms with van der Waals surface area (Å²) >= 11 is 23.0. The molecule has 0 aliphatic heterocycles. The average Bonchev–Trinajstić information content (AvgIpc) is 3.76. The van der Waals surface area contributed by atoms with Crippen LogP contribution in [0.15, 0.2) is 101 Å². The highest BCUT2D eigenvalue weighted by Crippen LogP contribution is 2.23. The number of hydrogen-bond acceptors (Lipinski definition) is 11. The summed E-state index contributed by atoms with van der Waals surface area (Å²) in [6.07, 6.45) is 0. The number of hydrogen-bond donors (Lipinski definition) is 7. The molecule has 20 heteroatoms. The lowest BCUT2D eigenvalue weighted by atomic mass is 10.3. The van der Waals surface area contributed by atoms with E-state index in [1.54, 1.807) is 54.6 Å². The highest BCUT2D eigenvalue weighted by atomic mass is 35.5. The van der Waals surface area contributed by atoms with Crippen LogP contribution in [0.5, 0.6) is 0 Å². The average molecular weight is 794 g/mol. The summed E-state index contributed by atoms with van der Waals surface area (Å²) in [6, 6.07) is 24.5. The zero-order valence-electron chi connectivity index (χ0n) is 26.7. The molecule has 0 atom stereocenters. The molecule has 0 amide bonds. The molecule has 8 aromatic rings. The second-order valence-corrected chi connectivity index (χ2v) is 12.1. The van der Waals surface area contributed by atoms with Gasteiger partial charge in [-0.05, 0) is 78.9 Å². The minimum atomic E-state index is -1.16. The first-order valence-corrected chi connectivity index (χ1v) is 16.3. The Labute approximate surface area is 317 Å². The van der Waals surface area contributed by atoms with E-state index in [9.17, 15) is 14.4 Å². The number of aromatic nitrogens is 10. The molecule has 0 unspecified atom stereocenters. The van der Waals surface area contributed by atoms with Crippen LogP contribution in [0, 0.1) is 0 Å². The van der Waals surface area contributed by atoms with Crippen LogP contribution in [0.2, 0.25) is 20.2 Å². The lowest BCUT2D eigenvalue weighted by Gasteiger charge is -1.97. The number of aromatic amines is 4.